The van der Waals surface area contributed by atoms with Gasteiger partial charge in [-0.25, -0.2) is 4.79 Å². The number of amides is 1. The van der Waals surface area contributed by atoms with Crippen LogP contribution in [0.1, 0.15) is 5.56 Å². The molecule has 0 atom stereocenters. The third-order valence-electron chi connectivity index (χ3n) is 3.58. The summed E-state index contributed by atoms with van der Waals surface area (Å²) >= 11 is 5.78. The van der Waals surface area contributed by atoms with Crippen LogP contribution in [0.15, 0.2) is 42.5 Å². The van der Waals surface area contributed by atoms with E-state index in [1.165, 1.54) is 18.2 Å². The molecule has 10 heteroatoms. The Hall–Kier alpha value is -3.59. The van der Waals surface area contributed by atoms with Crippen molar-refractivity contribution >= 4 is 40.9 Å². The van der Waals surface area contributed by atoms with Crippen LogP contribution >= 0.6 is 11.6 Å². The van der Waals surface area contributed by atoms with Gasteiger partial charge in [-0.2, -0.15) is 0 Å². The van der Waals surface area contributed by atoms with E-state index < -0.39 is 23.4 Å². The summed E-state index contributed by atoms with van der Waals surface area (Å²) < 4.78 is 15.2. The zero-order valence-corrected chi connectivity index (χ0v) is 15.0. The van der Waals surface area contributed by atoms with Crippen LogP contribution in [0.2, 0.25) is 5.02 Å². The molecule has 9 nitrogen and oxygen atoms in total. The number of nitro groups is 1. The van der Waals surface area contributed by atoms with Crippen LogP contribution in [0, 0.1) is 10.1 Å². The number of nitro benzene ring substituents is 1. The summed E-state index contributed by atoms with van der Waals surface area (Å²) in [7, 11) is 0. The van der Waals surface area contributed by atoms with E-state index >= 15 is 0 Å². The predicted molar refractivity (Wildman–Crippen MR) is 99.3 cm³/mol. The van der Waals surface area contributed by atoms with Gasteiger partial charge in [-0.3, -0.25) is 14.9 Å². The molecule has 0 bridgehead atoms. The number of esters is 1. The fraction of sp³-hybridized carbons (Fsp3) is 0.111. The van der Waals surface area contributed by atoms with Gasteiger partial charge >= 0.3 is 5.97 Å². The number of nitrogens with zero attached hydrogens (tertiary/aromatic N) is 1. The van der Waals surface area contributed by atoms with Gasteiger partial charge in [0.25, 0.3) is 11.6 Å². The molecule has 1 amide bonds. The highest BCUT2D eigenvalue weighted by Crippen LogP contribution is 2.32. The number of carbonyl (C=O) groups is 2. The van der Waals surface area contributed by atoms with Crippen LogP contribution in [0.4, 0.5) is 11.4 Å². The maximum Gasteiger partial charge on any atom is 0.331 e. The average molecular weight is 405 g/mol. The number of anilines is 1. The van der Waals surface area contributed by atoms with Gasteiger partial charge in [0.15, 0.2) is 18.1 Å². The highest BCUT2D eigenvalue weighted by Gasteiger charge is 2.17. The predicted octanol–water partition coefficient (Wildman–Crippen LogP) is 3.17. The minimum Gasteiger partial charge on any atom is -0.454 e. The van der Waals surface area contributed by atoms with Gasteiger partial charge in [0.2, 0.25) is 6.79 Å². The first-order valence-electron chi connectivity index (χ1n) is 7.90. The molecular weight excluding hydrogens is 392 g/mol. The van der Waals surface area contributed by atoms with Crippen LogP contribution < -0.4 is 14.8 Å². The van der Waals surface area contributed by atoms with Crippen molar-refractivity contribution in [3.8, 4) is 11.5 Å². The molecule has 1 N–H and O–H groups in total. The summed E-state index contributed by atoms with van der Waals surface area (Å²) in [5.41, 5.74) is 0.265. The molecule has 2 aromatic rings. The Labute approximate surface area is 163 Å². The fourth-order valence-electron chi connectivity index (χ4n) is 2.32. The van der Waals surface area contributed by atoms with Crippen molar-refractivity contribution in [2.24, 2.45) is 0 Å². The highest BCUT2D eigenvalue weighted by atomic mass is 35.5. The summed E-state index contributed by atoms with van der Waals surface area (Å²) in [5, 5.41) is 13.5. The molecule has 1 heterocycles. The third kappa shape index (κ3) is 4.77. The number of hydrogen-bond acceptors (Lipinski definition) is 7. The third-order valence-corrected chi connectivity index (χ3v) is 3.82. The molecule has 0 aromatic heterocycles. The minimum absolute atomic E-state index is 0.0885. The van der Waals surface area contributed by atoms with Crippen molar-refractivity contribution in [2.45, 2.75) is 0 Å². The molecule has 1 aliphatic heterocycles. The van der Waals surface area contributed by atoms with E-state index in [2.05, 4.69) is 5.32 Å². The van der Waals surface area contributed by atoms with Crippen molar-refractivity contribution in [3.05, 3.63) is 63.2 Å². The molecule has 0 radical (unpaired) electrons. The van der Waals surface area contributed by atoms with E-state index in [0.717, 1.165) is 12.1 Å². The standard InChI is InChI=1S/C18H13ClN2O7/c19-12-3-4-14(21(24)25)13(8-12)20-17(22)9-26-18(23)6-2-11-1-5-15-16(7-11)28-10-27-15/h1-8H,9-10H2,(H,20,22). The maximum atomic E-state index is 11.9. The lowest BCUT2D eigenvalue weighted by Gasteiger charge is -2.06. The van der Waals surface area contributed by atoms with Crippen LogP contribution in [0.3, 0.4) is 0 Å². The first-order valence-corrected chi connectivity index (χ1v) is 8.28. The van der Waals surface area contributed by atoms with Gasteiger partial charge in [0, 0.05) is 17.2 Å². The second-order valence-corrected chi connectivity index (χ2v) is 5.96. The summed E-state index contributed by atoms with van der Waals surface area (Å²) in [5.74, 6) is -0.312. The zero-order valence-electron chi connectivity index (χ0n) is 14.2. The van der Waals surface area contributed by atoms with Crippen molar-refractivity contribution < 1.29 is 28.7 Å². The van der Waals surface area contributed by atoms with Crippen molar-refractivity contribution in [1.82, 2.24) is 0 Å². The smallest absolute Gasteiger partial charge is 0.331 e. The van der Waals surface area contributed by atoms with E-state index in [1.54, 1.807) is 18.2 Å². The Morgan fingerprint density at radius 2 is 2.00 bits per heavy atom. The summed E-state index contributed by atoms with van der Waals surface area (Å²) in [4.78, 5) is 34.0. The lowest BCUT2D eigenvalue weighted by atomic mass is 10.2. The minimum atomic E-state index is -0.756. The van der Waals surface area contributed by atoms with Gasteiger partial charge in [0.1, 0.15) is 5.69 Å². The number of halogens is 1. The molecule has 1 aliphatic rings. The molecule has 3 rings (SSSR count). The monoisotopic (exact) mass is 404 g/mol. The van der Waals surface area contributed by atoms with Gasteiger partial charge in [-0.05, 0) is 35.9 Å². The van der Waals surface area contributed by atoms with Gasteiger partial charge in [-0.15, -0.1) is 0 Å². The number of carbonyl (C=O) groups excluding carboxylic acids is 2. The van der Waals surface area contributed by atoms with E-state index in [0.29, 0.717) is 17.1 Å². The molecule has 0 spiro atoms. The lowest BCUT2D eigenvalue weighted by molar-refractivity contribution is -0.383. The molecule has 0 fully saturated rings. The van der Waals surface area contributed by atoms with Crippen LogP contribution in [0.5, 0.6) is 11.5 Å². The summed E-state index contributed by atoms with van der Waals surface area (Å²) in [6.07, 6.45) is 2.64. The fourth-order valence-corrected chi connectivity index (χ4v) is 2.49. The number of nitrogens with one attached hydrogen (secondary N) is 1. The normalized spacial score (nSPS) is 12.0. The molecule has 144 valence electrons. The SMILES string of the molecule is O=C(COC(=O)C=Cc1ccc2c(c1)OCO2)Nc1cc(Cl)ccc1[N+](=O)[O-]. The van der Waals surface area contributed by atoms with E-state index in [-0.39, 0.29) is 23.2 Å². The zero-order chi connectivity index (χ0) is 20.1. The van der Waals surface area contributed by atoms with E-state index in [4.69, 9.17) is 25.8 Å². The van der Waals surface area contributed by atoms with Crippen LogP contribution in [-0.4, -0.2) is 30.2 Å². The first kappa shape index (κ1) is 19.2. The first-order chi connectivity index (χ1) is 13.4. The van der Waals surface area contributed by atoms with Gasteiger partial charge < -0.3 is 19.5 Å². The van der Waals surface area contributed by atoms with E-state index in [1.807, 2.05) is 0 Å². The van der Waals surface area contributed by atoms with Gasteiger partial charge in [-0.1, -0.05) is 17.7 Å². The van der Waals surface area contributed by atoms with E-state index in [9.17, 15) is 19.7 Å². The van der Waals surface area contributed by atoms with Gasteiger partial charge in [0.05, 0.1) is 4.92 Å². The quantitative estimate of drug-likeness (QED) is 0.340. The molecular formula is C18H13ClN2O7. The second-order valence-electron chi connectivity index (χ2n) is 5.52. The summed E-state index contributed by atoms with van der Waals surface area (Å²) in [6, 6.07) is 8.85. The Kier molecular flexibility index (Phi) is 5.75. The topological polar surface area (TPSA) is 117 Å². The van der Waals surface area contributed by atoms with Crippen molar-refractivity contribution in [2.75, 3.05) is 18.7 Å². The van der Waals surface area contributed by atoms with Crippen LogP contribution in [-0.2, 0) is 14.3 Å². The summed E-state index contributed by atoms with van der Waals surface area (Å²) in [6.45, 7) is -0.474. The largest absolute Gasteiger partial charge is 0.454 e. The van der Waals surface area contributed by atoms with Crippen molar-refractivity contribution in [1.29, 1.82) is 0 Å². The Morgan fingerprint density at radius 3 is 2.79 bits per heavy atom. The number of ether oxygens (including phenoxy) is 3. The maximum absolute atomic E-state index is 11.9. The highest BCUT2D eigenvalue weighted by molar-refractivity contribution is 6.31. The Bertz CT molecular complexity index is 974. The molecule has 0 saturated carbocycles. The Balaban J connectivity index is 1.54. The lowest BCUT2D eigenvalue weighted by Crippen LogP contribution is -2.20. The van der Waals surface area contributed by atoms with Crippen LogP contribution in [0.25, 0.3) is 6.08 Å². The second kappa shape index (κ2) is 8.40. The number of hydrogen-bond donors (Lipinski definition) is 1. The number of rotatable bonds is 6. The molecule has 0 unspecified atom stereocenters. The number of fused-ring (bicyclic) bond motifs is 1. The molecule has 2 aromatic carbocycles. The molecule has 28 heavy (non-hydrogen) atoms. The van der Waals surface area contributed by atoms with Crippen molar-refractivity contribution in [3.63, 3.8) is 0 Å². The Morgan fingerprint density at radius 1 is 1.21 bits per heavy atom. The average Bonchev–Trinajstić information content (AvgIpc) is 3.12. The molecule has 0 saturated heterocycles. The number of benzene rings is 2. The molecule has 0 aliphatic carbocycles.